The maximum absolute atomic E-state index is 14.5. The summed E-state index contributed by atoms with van der Waals surface area (Å²) >= 11 is 0. The van der Waals surface area contributed by atoms with Crippen LogP contribution in [0.25, 0.3) is 0 Å². The third-order valence-corrected chi connectivity index (χ3v) is 10.7. The first-order chi connectivity index (χ1) is 25.1. The van der Waals surface area contributed by atoms with Gasteiger partial charge in [-0.1, -0.05) is 24.6 Å². The van der Waals surface area contributed by atoms with E-state index in [0.29, 0.717) is 37.9 Å². The number of carbonyl (C=O) groups is 4. The predicted octanol–water partition coefficient (Wildman–Crippen LogP) is 4.35. The standard InChI is InChI=1S/C38H58N6O9S/c1-10-51-33(46)31-20-25(2)15-19-44(31)32(45)30(41-54(49,50)29-14-13-27-16-18-42(9)24-28(27)22-29)21-26-12-11-17-43(23-26)34(39-35(47)52-37(3,4)5)40-36(48)53-38(6,7)8/h12-14,22,25,30-31,41H,10-11,15-21,23-24H2,1-9H3,(H,39,40,47,48)/t25-,30+,31-/m1/s1. The quantitative estimate of drug-likeness (QED) is 0.126. The summed E-state index contributed by atoms with van der Waals surface area (Å²) in [5.41, 5.74) is 0.949. The molecule has 3 aliphatic rings. The number of amides is 3. The first-order valence-electron chi connectivity index (χ1n) is 18.7. The van der Waals surface area contributed by atoms with Gasteiger partial charge in [-0.2, -0.15) is 4.72 Å². The number of benzene rings is 1. The highest BCUT2D eigenvalue weighted by Gasteiger charge is 2.40. The molecular weight excluding hydrogens is 717 g/mol. The third-order valence-electron chi connectivity index (χ3n) is 9.19. The summed E-state index contributed by atoms with van der Waals surface area (Å²) in [6.07, 6.45) is 2.34. The Balaban J connectivity index is 1.67. The summed E-state index contributed by atoms with van der Waals surface area (Å²) in [6.45, 7) is 16.2. The van der Waals surface area contributed by atoms with Crippen molar-refractivity contribution in [2.24, 2.45) is 10.9 Å². The Bertz CT molecular complexity index is 1730. The highest BCUT2D eigenvalue weighted by atomic mass is 32.2. The van der Waals surface area contributed by atoms with Crippen molar-refractivity contribution in [1.82, 2.24) is 24.7 Å². The van der Waals surface area contributed by atoms with Gasteiger partial charge in [0.25, 0.3) is 0 Å². The van der Waals surface area contributed by atoms with Crippen molar-refractivity contribution in [3.05, 3.63) is 41.0 Å². The maximum atomic E-state index is 14.5. The van der Waals surface area contributed by atoms with Crippen LogP contribution in [0.2, 0.25) is 0 Å². The minimum atomic E-state index is -4.23. The van der Waals surface area contributed by atoms with E-state index in [0.717, 1.165) is 24.1 Å². The Morgan fingerprint density at radius 1 is 0.981 bits per heavy atom. The smallest absolute Gasteiger partial charge is 0.437 e. The molecule has 54 heavy (non-hydrogen) atoms. The number of rotatable bonds is 8. The Kier molecular flexibility index (Phi) is 13.9. The van der Waals surface area contributed by atoms with E-state index in [1.165, 1.54) is 4.90 Å². The highest BCUT2D eigenvalue weighted by molar-refractivity contribution is 7.89. The molecule has 3 aliphatic heterocycles. The van der Waals surface area contributed by atoms with Crippen LogP contribution in [0.5, 0.6) is 0 Å². The van der Waals surface area contributed by atoms with E-state index in [1.807, 2.05) is 26.1 Å². The zero-order valence-corrected chi connectivity index (χ0v) is 34.0. The van der Waals surface area contributed by atoms with Gasteiger partial charge in [-0.15, -0.1) is 4.99 Å². The third kappa shape index (κ3) is 12.2. The second-order valence-corrected chi connectivity index (χ2v) is 18.1. The van der Waals surface area contributed by atoms with Gasteiger partial charge < -0.3 is 28.9 Å². The molecule has 1 saturated heterocycles. The molecule has 1 aromatic carbocycles. The van der Waals surface area contributed by atoms with Gasteiger partial charge in [0, 0.05) is 32.7 Å². The number of aliphatic imine (C=N–C) groups is 1. The second kappa shape index (κ2) is 17.6. The van der Waals surface area contributed by atoms with Crippen LogP contribution in [0.3, 0.4) is 0 Å². The van der Waals surface area contributed by atoms with Crippen LogP contribution in [0.15, 0.2) is 39.7 Å². The van der Waals surface area contributed by atoms with E-state index in [-0.39, 0.29) is 42.9 Å². The summed E-state index contributed by atoms with van der Waals surface area (Å²) in [7, 11) is -2.26. The summed E-state index contributed by atoms with van der Waals surface area (Å²) < 4.78 is 47.1. The number of nitrogens with zero attached hydrogens (tertiary/aromatic N) is 4. The molecule has 3 heterocycles. The molecule has 0 bridgehead atoms. The van der Waals surface area contributed by atoms with Crippen LogP contribution in [-0.2, 0) is 46.8 Å². The maximum Gasteiger partial charge on any atom is 0.437 e. The lowest BCUT2D eigenvalue weighted by molar-refractivity contribution is -0.158. The molecule has 0 unspecified atom stereocenters. The number of carbonyl (C=O) groups excluding carboxylic acids is 4. The molecule has 3 amide bonds. The Hall–Kier alpha value is -4.02. The van der Waals surface area contributed by atoms with Crippen LogP contribution >= 0.6 is 0 Å². The zero-order chi connectivity index (χ0) is 40.0. The first-order valence-corrected chi connectivity index (χ1v) is 20.2. The average Bonchev–Trinajstić information content (AvgIpc) is 3.05. The number of ether oxygens (including phenoxy) is 3. The second-order valence-electron chi connectivity index (χ2n) is 16.3. The van der Waals surface area contributed by atoms with Gasteiger partial charge in [0.05, 0.1) is 11.5 Å². The molecule has 0 spiro atoms. The van der Waals surface area contributed by atoms with Gasteiger partial charge in [0.1, 0.15) is 23.3 Å². The largest absolute Gasteiger partial charge is 0.464 e. The van der Waals surface area contributed by atoms with Crippen LogP contribution < -0.4 is 10.0 Å². The molecule has 1 fully saturated rings. The van der Waals surface area contributed by atoms with Crippen molar-refractivity contribution in [2.75, 3.05) is 39.8 Å². The molecular formula is C38H58N6O9S. The van der Waals surface area contributed by atoms with Crippen molar-refractivity contribution >= 4 is 40.0 Å². The molecule has 0 aliphatic carbocycles. The Labute approximate surface area is 319 Å². The normalized spacial score (nSPS) is 20.7. The lowest BCUT2D eigenvalue weighted by Gasteiger charge is -2.39. The number of hydrogen-bond donors (Lipinski definition) is 2. The number of esters is 1. The fourth-order valence-corrected chi connectivity index (χ4v) is 7.93. The van der Waals surface area contributed by atoms with Crippen molar-refractivity contribution < 1.29 is 41.8 Å². The average molecular weight is 775 g/mol. The van der Waals surface area contributed by atoms with E-state index in [4.69, 9.17) is 14.2 Å². The summed E-state index contributed by atoms with van der Waals surface area (Å²) in [5, 5.41) is 2.58. The summed E-state index contributed by atoms with van der Waals surface area (Å²) in [4.78, 5) is 62.7. The molecule has 300 valence electrons. The topological polar surface area (TPSA) is 176 Å². The predicted molar refractivity (Wildman–Crippen MR) is 203 cm³/mol. The van der Waals surface area contributed by atoms with E-state index >= 15 is 0 Å². The van der Waals surface area contributed by atoms with Gasteiger partial charge in [0.2, 0.25) is 21.9 Å². The van der Waals surface area contributed by atoms with Gasteiger partial charge in [-0.3, -0.25) is 10.1 Å². The number of likely N-dealkylation sites (N-methyl/N-ethyl adjacent to an activating group) is 1. The van der Waals surface area contributed by atoms with Gasteiger partial charge in [0.15, 0.2) is 0 Å². The Morgan fingerprint density at radius 3 is 2.35 bits per heavy atom. The van der Waals surface area contributed by atoms with E-state index in [9.17, 15) is 27.6 Å². The number of hydrogen-bond acceptors (Lipinski definition) is 10. The minimum Gasteiger partial charge on any atom is -0.464 e. The van der Waals surface area contributed by atoms with E-state index < -0.39 is 57.4 Å². The molecule has 0 radical (unpaired) electrons. The zero-order valence-electron chi connectivity index (χ0n) is 33.2. The number of likely N-dealkylation sites (tertiary alicyclic amines) is 1. The van der Waals surface area contributed by atoms with Crippen molar-refractivity contribution in [2.45, 2.75) is 122 Å². The van der Waals surface area contributed by atoms with Crippen LogP contribution in [0.4, 0.5) is 9.59 Å². The number of piperidine rings is 1. The number of fused-ring (bicyclic) bond motifs is 1. The Morgan fingerprint density at radius 2 is 1.69 bits per heavy atom. The first kappa shape index (κ1) is 42.7. The van der Waals surface area contributed by atoms with Gasteiger partial charge in [-0.05, 0) is 117 Å². The monoisotopic (exact) mass is 774 g/mol. The molecule has 3 atom stereocenters. The fraction of sp³-hybridized carbons (Fsp3) is 0.658. The summed E-state index contributed by atoms with van der Waals surface area (Å²) in [6, 6.07) is 2.87. The molecule has 16 heteroatoms. The SMILES string of the molecule is CCOC(=O)[C@H]1C[C@H](C)CCN1C(=O)[C@H](CC1=CCCN(C(=NC(=O)OC(C)(C)C)NC(=O)OC(C)(C)C)C1)NS(=O)(=O)c1ccc2c(c1)CN(C)CC2. The van der Waals surface area contributed by atoms with Gasteiger partial charge >= 0.3 is 18.2 Å². The highest BCUT2D eigenvalue weighted by Crippen LogP contribution is 2.28. The van der Waals surface area contributed by atoms with Crippen molar-refractivity contribution in [3.8, 4) is 0 Å². The van der Waals surface area contributed by atoms with Crippen molar-refractivity contribution in [1.29, 1.82) is 0 Å². The number of nitrogens with one attached hydrogen (secondary N) is 2. The van der Waals surface area contributed by atoms with Crippen molar-refractivity contribution in [3.63, 3.8) is 0 Å². The van der Waals surface area contributed by atoms with Crippen LogP contribution in [0, 0.1) is 5.92 Å². The molecule has 15 nitrogen and oxygen atoms in total. The lowest BCUT2D eigenvalue weighted by atomic mass is 9.91. The lowest BCUT2D eigenvalue weighted by Crippen LogP contribution is -2.57. The van der Waals surface area contributed by atoms with E-state index in [2.05, 4.69) is 19.9 Å². The van der Waals surface area contributed by atoms with Crippen LogP contribution in [0.1, 0.15) is 92.2 Å². The number of alkyl carbamates (subject to hydrolysis) is 1. The molecule has 0 saturated carbocycles. The molecule has 0 aromatic heterocycles. The minimum absolute atomic E-state index is 0.0381. The number of guanidine groups is 1. The number of sulfonamides is 1. The van der Waals surface area contributed by atoms with Crippen LogP contribution in [-0.4, -0.2) is 116 Å². The van der Waals surface area contributed by atoms with E-state index in [1.54, 1.807) is 65.5 Å². The summed E-state index contributed by atoms with van der Waals surface area (Å²) in [5.74, 6) is -1.04. The van der Waals surface area contributed by atoms with Gasteiger partial charge in [-0.25, -0.2) is 22.8 Å². The molecule has 1 aromatic rings. The molecule has 2 N–H and O–H groups in total. The fourth-order valence-electron chi connectivity index (χ4n) is 6.69. The molecule has 4 rings (SSSR count).